The normalized spacial score (nSPS) is 14.7. The van der Waals surface area contributed by atoms with Crippen LogP contribution in [0, 0.1) is 5.82 Å². The summed E-state index contributed by atoms with van der Waals surface area (Å²) in [6.45, 7) is 7.01. The van der Waals surface area contributed by atoms with Crippen LogP contribution in [0.3, 0.4) is 0 Å². The standard InChI is InChI=1S/C19H24FN5O/c1-12(2)22-18-21-10-15-8-9-25(11-17(15)24-18)19(26)23-13(3)14-4-6-16(20)7-5-14/h4-7,10,12-13H,8-9,11H2,1-3H3,(H,23,26)(H,21,22,24). The van der Waals surface area contributed by atoms with Gasteiger partial charge in [-0.2, -0.15) is 0 Å². The molecule has 0 saturated carbocycles. The van der Waals surface area contributed by atoms with Crippen molar-refractivity contribution in [3.63, 3.8) is 0 Å². The molecule has 1 aromatic heterocycles. The van der Waals surface area contributed by atoms with Crippen molar-refractivity contribution in [2.75, 3.05) is 11.9 Å². The summed E-state index contributed by atoms with van der Waals surface area (Å²) >= 11 is 0. The first-order valence-corrected chi connectivity index (χ1v) is 8.84. The van der Waals surface area contributed by atoms with E-state index in [1.165, 1.54) is 12.1 Å². The summed E-state index contributed by atoms with van der Waals surface area (Å²) in [5.41, 5.74) is 2.82. The molecule has 0 fully saturated rings. The summed E-state index contributed by atoms with van der Waals surface area (Å²) in [6.07, 6.45) is 2.57. The Labute approximate surface area is 152 Å². The Bertz CT molecular complexity index is 778. The van der Waals surface area contributed by atoms with Gasteiger partial charge in [-0.25, -0.2) is 19.2 Å². The number of benzene rings is 1. The lowest BCUT2D eigenvalue weighted by Crippen LogP contribution is -2.44. The minimum Gasteiger partial charge on any atom is -0.352 e. The fourth-order valence-corrected chi connectivity index (χ4v) is 2.92. The number of rotatable bonds is 4. The second-order valence-corrected chi connectivity index (χ2v) is 6.86. The van der Waals surface area contributed by atoms with Gasteiger partial charge in [0.25, 0.3) is 0 Å². The van der Waals surface area contributed by atoms with Crippen LogP contribution >= 0.6 is 0 Å². The second kappa shape index (κ2) is 7.68. The molecule has 2 amide bonds. The maximum absolute atomic E-state index is 13.0. The van der Waals surface area contributed by atoms with Gasteiger partial charge in [0.1, 0.15) is 5.82 Å². The fourth-order valence-electron chi connectivity index (χ4n) is 2.92. The lowest BCUT2D eigenvalue weighted by atomic mass is 10.1. The van der Waals surface area contributed by atoms with Crippen molar-refractivity contribution in [3.05, 3.63) is 53.1 Å². The molecule has 0 aliphatic carbocycles. The predicted octanol–water partition coefficient (Wildman–Crippen LogP) is 3.26. The molecule has 138 valence electrons. The third-order valence-electron chi connectivity index (χ3n) is 4.36. The van der Waals surface area contributed by atoms with Crippen molar-refractivity contribution in [1.82, 2.24) is 20.2 Å². The smallest absolute Gasteiger partial charge is 0.318 e. The van der Waals surface area contributed by atoms with Crippen LogP contribution in [0.15, 0.2) is 30.5 Å². The maximum atomic E-state index is 13.0. The molecule has 1 aromatic carbocycles. The first-order chi connectivity index (χ1) is 12.4. The Morgan fingerprint density at radius 1 is 1.23 bits per heavy atom. The van der Waals surface area contributed by atoms with Crippen LogP contribution < -0.4 is 10.6 Å². The Morgan fingerprint density at radius 3 is 2.65 bits per heavy atom. The zero-order chi connectivity index (χ0) is 18.7. The molecule has 0 spiro atoms. The van der Waals surface area contributed by atoms with Crippen LogP contribution in [-0.4, -0.2) is 33.5 Å². The first kappa shape index (κ1) is 18.1. The monoisotopic (exact) mass is 357 g/mol. The lowest BCUT2D eigenvalue weighted by molar-refractivity contribution is 0.188. The molecular weight excluding hydrogens is 333 g/mol. The number of fused-ring (bicyclic) bond motifs is 1. The zero-order valence-electron chi connectivity index (χ0n) is 15.3. The van der Waals surface area contributed by atoms with Crippen LogP contribution in [0.4, 0.5) is 15.1 Å². The van der Waals surface area contributed by atoms with E-state index in [9.17, 15) is 9.18 Å². The Hall–Kier alpha value is -2.70. The fraction of sp³-hybridized carbons (Fsp3) is 0.421. The third kappa shape index (κ3) is 4.28. The number of anilines is 1. The molecule has 2 aromatic rings. The van der Waals surface area contributed by atoms with Gasteiger partial charge in [-0.3, -0.25) is 0 Å². The van der Waals surface area contributed by atoms with Gasteiger partial charge >= 0.3 is 6.03 Å². The van der Waals surface area contributed by atoms with E-state index in [2.05, 4.69) is 20.6 Å². The van der Waals surface area contributed by atoms with Crippen molar-refractivity contribution in [3.8, 4) is 0 Å². The van der Waals surface area contributed by atoms with Crippen LogP contribution in [0.25, 0.3) is 0 Å². The van der Waals surface area contributed by atoms with Crippen LogP contribution in [0.2, 0.25) is 0 Å². The topological polar surface area (TPSA) is 70.2 Å². The molecule has 3 rings (SSSR count). The Morgan fingerprint density at radius 2 is 1.96 bits per heavy atom. The predicted molar refractivity (Wildman–Crippen MR) is 98.3 cm³/mol. The minimum atomic E-state index is -0.287. The Kier molecular flexibility index (Phi) is 5.35. The second-order valence-electron chi connectivity index (χ2n) is 6.86. The van der Waals surface area contributed by atoms with Gasteiger partial charge in [-0.05, 0) is 50.5 Å². The number of amides is 2. The molecule has 1 unspecified atom stereocenters. The molecule has 1 atom stereocenters. The number of nitrogens with zero attached hydrogens (tertiary/aromatic N) is 3. The highest BCUT2D eigenvalue weighted by Gasteiger charge is 2.23. The highest BCUT2D eigenvalue weighted by molar-refractivity contribution is 5.75. The van der Waals surface area contributed by atoms with Gasteiger partial charge in [0, 0.05) is 18.8 Å². The van der Waals surface area contributed by atoms with Crippen molar-refractivity contribution < 1.29 is 9.18 Å². The molecule has 0 bridgehead atoms. The number of aromatic nitrogens is 2. The molecule has 26 heavy (non-hydrogen) atoms. The van der Waals surface area contributed by atoms with E-state index in [4.69, 9.17) is 0 Å². The van der Waals surface area contributed by atoms with Crippen molar-refractivity contribution in [1.29, 1.82) is 0 Å². The summed E-state index contributed by atoms with van der Waals surface area (Å²) in [5.74, 6) is 0.297. The summed E-state index contributed by atoms with van der Waals surface area (Å²) in [7, 11) is 0. The number of nitrogens with one attached hydrogen (secondary N) is 2. The number of hydrogen-bond donors (Lipinski definition) is 2. The molecule has 1 aliphatic heterocycles. The average Bonchev–Trinajstić information content (AvgIpc) is 2.61. The molecule has 2 heterocycles. The van der Waals surface area contributed by atoms with Crippen LogP contribution in [0.5, 0.6) is 0 Å². The molecular formula is C19H24FN5O. The van der Waals surface area contributed by atoms with Crippen LogP contribution in [-0.2, 0) is 13.0 Å². The van der Waals surface area contributed by atoms with E-state index in [1.807, 2.05) is 27.0 Å². The molecule has 2 N–H and O–H groups in total. The highest BCUT2D eigenvalue weighted by Crippen LogP contribution is 2.19. The number of halogens is 1. The minimum absolute atomic E-state index is 0.149. The summed E-state index contributed by atoms with van der Waals surface area (Å²) in [5, 5.41) is 6.15. The van der Waals surface area contributed by atoms with E-state index < -0.39 is 0 Å². The van der Waals surface area contributed by atoms with Gasteiger partial charge in [-0.15, -0.1) is 0 Å². The number of hydrogen-bond acceptors (Lipinski definition) is 4. The van der Waals surface area contributed by atoms with E-state index in [0.717, 1.165) is 23.2 Å². The largest absolute Gasteiger partial charge is 0.352 e. The molecule has 6 nitrogen and oxygen atoms in total. The summed E-state index contributed by atoms with van der Waals surface area (Å²) in [6, 6.07) is 6.06. The van der Waals surface area contributed by atoms with Gasteiger partial charge in [0.15, 0.2) is 0 Å². The van der Waals surface area contributed by atoms with E-state index in [1.54, 1.807) is 17.0 Å². The van der Waals surface area contributed by atoms with Crippen molar-refractivity contribution in [2.24, 2.45) is 0 Å². The highest BCUT2D eigenvalue weighted by atomic mass is 19.1. The molecule has 0 saturated heterocycles. The SMILES string of the molecule is CC(C)Nc1ncc2c(n1)CN(C(=O)NC(C)c1ccc(F)cc1)CC2. The van der Waals surface area contributed by atoms with Gasteiger partial charge in [0.2, 0.25) is 5.95 Å². The number of carbonyl (C=O) groups is 1. The van der Waals surface area contributed by atoms with E-state index in [-0.39, 0.29) is 23.9 Å². The number of carbonyl (C=O) groups excluding carboxylic acids is 1. The van der Waals surface area contributed by atoms with Gasteiger partial charge in [0.05, 0.1) is 18.3 Å². The van der Waals surface area contributed by atoms with Gasteiger partial charge in [-0.1, -0.05) is 12.1 Å². The molecule has 7 heteroatoms. The Balaban J connectivity index is 1.65. The van der Waals surface area contributed by atoms with E-state index in [0.29, 0.717) is 19.0 Å². The number of urea groups is 1. The van der Waals surface area contributed by atoms with Crippen molar-refractivity contribution in [2.45, 2.75) is 45.8 Å². The van der Waals surface area contributed by atoms with Crippen LogP contribution in [0.1, 0.15) is 43.6 Å². The van der Waals surface area contributed by atoms with Gasteiger partial charge < -0.3 is 15.5 Å². The van der Waals surface area contributed by atoms with E-state index >= 15 is 0 Å². The lowest BCUT2D eigenvalue weighted by Gasteiger charge is -2.29. The summed E-state index contributed by atoms with van der Waals surface area (Å²) in [4.78, 5) is 23.2. The molecule has 1 aliphatic rings. The molecule has 0 radical (unpaired) electrons. The summed E-state index contributed by atoms with van der Waals surface area (Å²) < 4.78 is 13.0. The average molecular weight is 357 g/mol. The van der Waals surface area contributed by atoms with Crippen molar-refractivity contribution >= 4 is 12.0 Å². The first-order valence-electron chi connectivity index (χ1n) is 8.84. The quantitative estimate of drug-likeness (QED) is 0.881. The third-order valence-corrected chi connectivity index (χ3v) is 4.36. The zero-order valence-corrected chi connectivity index (χ0v) is 15.3. The maximum Gasteiger partial charge on any atom is 0.318 e.